The van der Waals surface area contributed by atoms with Crippen LogP contribution in [0.25, 0.3) is 0 Å². The Bertz CT molecular complexity index is 851. The number of aliphatic hydroxyl groups excluding tert-OH is 1. The van der Waals surface area contributed by atoms with Gasteiger partial charge in [-0.1, -0.05) is 91.0 Å². The SMILES string of the molecule is O/C(=C\CC1CCCCO1)CNC(c1ccccc1)(c1ccccc1)c1ccccc1. The van der Waals surface area contributed by atoms with Gasteiger partial charge < -0.3 is 9.84 Å². The number of hydrogen-bond donors (Lipinski definition) is 2. The molecule has 1 heterocycles. The maximum atomic E-state index is 10.7. The molecule has 0 bridgehead atoms. The van der Waals surface area contributed by atoms with Crippen LogP contribution in [0.4, 0.5) is 0 Å². The van der Waals surface area contributed by atoms with Crippen molar-refractivity contribution in [1.29, 1.82) is 0 Å². The Kier molecular flexibility index (Phi) is 7.18. The number of benzene rings is 3. The summed E-state index contributed by atoms with van der Waals surface area (Å²) in [6.07, 6.45) is 6.30. The van der Waals surface area contributed by atoms with Crippen LogP contribution in [0, 0.1) is 0 Å². The minimum absolute atomic E-state index is 0.220. The molecule has 0 saturated carbocycles. The molecule has 0 aliphatic carbocycles. The summed E-state index contributed by atoms with van der Waals surface area (Å²) in [5, 5.41) is 14.4. The highest BCUT2D eigenvalue weighted by Crippen LogP contribution is 2.36. The zero-order valence-electron chi connectivity index (χ0n) is 17.9. The highest BCUT2D eigenvalue weighted by Gasteiger charge is 2.35. The van der Waals surface area contributed by atoms with Crippen molar-refractivity contribution in [2.24, 2.45) is 0 Å². The number of aliphatic hydroxyl groups is 1. The Morgan fingerprint density at radius 1 is 0.839 bits per heavy atom. The number of ether oxygens (including phenoxy) is 1. The van der Waals surface area contributed by atoms with E-state index in [1.165, 1.54) is 6.42 Å². The second-order valence-electron chi connectivity index (χ2n) is 8.12. The van der Waals surface area contributed by atoms with E-state index in [0.29, 0.717) is 12.3 Å². The highest BCUT2D eigenvalue weighted by molar-refractivity contribution is 5.49. The summed E-state index contributed by atoms with van der Waals surface area (Å²) in [6, 6.07) is 31.3. The molecule has 3 aromatic rings. The molecule has 3 heteroatoms. The molecular formula is C28H31NO2. The molecule has 1 fully saturated rings. The molecule has 2 N–H and O–H groups in total. The fourth-order valence-corrected chi connectivity index (χ4v) is 4.43. The van der Waals surface area contributed by atoms with Gasteiger partial charge in [-0.05, 0) is 48.4 Å². The van der Waals surface area contributed by atoms with Crippen LogP contribution in [0.3, 0.4) is 0 Å². The normalized spacial score (nSPS) is 17.4. The van der Waals surface area contributed by atoms with Crippen LogP contribution in [-0.2, 0) is 10.3 Å². The second-order valence-corrected chi connectivity index (χ2v) is 8.12. The van der Waals surface area contributed by atoms with E-state index < -0.39 is 5.54 Å². The van der Waals surface area contributed by atoms with Crippen LogP contribution in [0.2, 0.25) is 0 Å². The zero-order valence-corrected chi connectivity index (χ0v) is 17.9. The molecule has 1 aliphatic rings. The van der Waals surface area contributed by atoms with Crippen molar-refractivity contribution in [3.8, 4) is 0 Å². The molecule has 3 aromatic carbocycles. The van der Waals surface area contributed by atoms with Crippen LogP contribution in [0.15, 0.2) is 103 Å². The Morgan fingerprint density at radius 3 is 1.81 bits per heavy atom. The Labute approximate surface area is 185 Å². The third kappa shape index (κ3) is 5.07. The lowest BCUT2D eigenvalue weighted by Crippen LogP contribution is -2.45. The van der Waals surface area contributed by atoms with Gasteiger partial charge >= 0.3 is 0 Å². The number of nitrogens with one attached hydrogen (secondary N) is 1. The summed E-state index contributed by atoms with van der Waals surface area (Å²) in [5.74, 6) is 0.348. The summed E-state index contributed by atoms with van der Waals surface area (Å²) in [5.41, 5.74) is 2.83. The van der Waals surface area contributed by atoms with Gasteiger partial charge in [-0.3, -0.25) is 5.32 Å². The quantitative estimate of drug-likeness (QED) is 0.353. The smallest absolute Gasteiger partial charge is 0.102 e. The van der Waals surface area contributed by atoms with Crippen molar-refractivity contribution in [3.63, 3.8) is 0 Å². The monoisotopic (exact) mass is 413 g/mol. The zero-order chi connectivity index (χ0) is 21.4. The molecule has 1 unspecified atom stereocenters. The van der Waals surface area contributed by atoms with Gasteiger partial charge in [-0.15, -0.1) is 0 Å². The van der Waals surface area contributed by atoms with E-state index in [4.69, 9.17) is 4.74 Å². The topological polar surface area (TPSA) is 41.5 Å². The van der Waals surface area contributed by atoms with E-state index in [9.17, 15) is 5.11 Å². The predicted octanol–water partition coefficient (Wildman–Crippen LogP) is 5.97. The lowest BCUT2D eigenvalue weighted by Gasteiger charge is -2.37. The highest BCUT2D eigenvalue weighted by atomic mass is 16.5. The van der Waals surface area contributed by atoms with Gasteiger partial charge in [0.15, 0.2) is 0 Å². The lowest BCUT2D eigenvalue weighted by molar-refractivity contribution is 0.0179. The first-order chi connectivity index (χ1) is 15.3. The van der Waals surface area contributed by atoms with Crippen molar-refractivity contribution >= 4 is 0 Å². The van der Waals surface area contributed by atoms with Gasteiger partial charge in [0.1, 0.15) is 5.76 Å². The van der Waals surface area contributed by atoms with Crippen LogP contribution < -0.4 is 5.32 Å². The van der Waals surface area contributed by atoms with Crippen LogP contribution in [-0.4, -0.2) is 24.4 Å². The Hall–Kier alpha value is -2.88. The molecule has 0 spiro atoms. The van der Waals surface area contributed by atoms with Crippen molar-refractivity contribution in [2.75, 3.05) is 13.2 Å². The first kappa shape index (κ1) is 21.4. The summed E-state index contributed by atoms with van der Waals surface area (Å²) in [4.78, 5) is 0. The van der Waals surface area contributed by atoms with Gasteiger partial charge in [0.25, 0.3) is 0 Å². The van der Waals surface area contributed by atoms with Gasteiger partial charge in [-0.25, -0.2) is 0 Å². The predicted molar refractivity (Wildman–Crippen MR) is 126 cm³/mol. The third-order valence-electron chi connectivity index (χ3n) is 6.05. The summed E-state index contributed by atoms with van der Waals surface area (Å²) >= 11 is 0. The van der Waals surface area contributed by atoms with Gasteiger partial charge in [0.05, 0.1) is 18.2 Å². The largest absolute Gasteiger partial charge is 0.511 e. The van der Waals surface area contributed by atoms with Gasteiger partial charge in [0.2, 0.25) is 0 Å². The standard InChI is InChI=1S/C28H31NO2/c30-26(19-20-27-18-10-11-21-31-27)22-29-28(23-12-4-1-5-13-23,24-14-6-2-7-15-24)25-16-8-3-9-17-25/h1-9,12-17,19,27,29-30H,10-11,18,20-22H2/b26-19-. The van der Waals surface area contributed by atoms with E-state index in [-0.39, 0.29) is 6.10 Å². The van der Waals surface area contributed by atoms with Crippen molar-refractivity contribution in [1.82, 2.24) is 5.32 Å². The molecule has 0 amide bonds. The molecule has 31 heavy (non-hydrogen) atoms. The maximum absolute atomic E-state index is 10.7. The molecular weight excluding hydrogens is 382 g/mol. The second kappa shape index (κ2) is 10.4. The third-order valence-corrected chi connectivity index (χ3v) is 6.05. The molecule has 160 valence electrons. The first-order valence-corrected chi connectivity index (χ1v) is 11.2. The van der Waals surface area contributed by atoms with Crippen molar-refractivity contribution < 1.29 is 9.84 Å². The van der Waals surface area contributed by atoms with E-state index in [0.717, 1.165) is 42.6 Å². The number of hydrogen-bond acceptors (Lipinski definition) is 3. The Balaban J connectivity index is 1.67. The van der Waals surface area contributed by atoms with Gasteiger partial charge in [-0.2, -0.15) is 0 Å². The molecule has 0 radical (unpaired) electrons. The fraction of sp³-hybridized carbons (Fsp3) is 0.286. The molecule has 3 nitrogen and oxygen atoms in total. The van der Waals surface area contributed by atoms with Crippen molar-refractivity contribution in [3.05, 3.63) is 120 Å². The Morgan fingerprint density at radius 2 is 1.35 bits per heavy atom. The van der Waals surface area contributed by atoms with Crippen LogP contribution >= 0.6 is 0 Å². The van der Waals surface area contributed by atoms with Crippen LogP contribution in [0.1, 0.15) is 42.4 Å². The summed E-state index contributed by atoms with van der Waals surface area (Å²) in [6.45, 7) is 1.20. The molecule has 1 aliphatic heterocycles. The minimum Gasteiger partial charge on any atom is -0.511 e. The number of rotatable bonds is 8. The van der Waals surface area contributed by atoms with E-state index >= 15 is 0 Å². The average molecular weight is 414 g/mol. The van der Waals surface area contributed by atoms with E-state index in [2.05, 4.69) is 78.1 Å². The average Bonchev–Trinajstić information content (AvgIpc) is 2.86. The summed E-state index contributed by atoms with van der Waals surface area (Å²) in [7, 11) is 0. The molecule has 1 saturated heterocycles. The first-order valence-electron chi connectivity index (χ1n) is 11.2. The lowest BCUT2D eigenvalue weighted by atomic mass is 9.77. The van der Waals surface area contributed by atoms with Gasteiger partial charge in [0, 0.05) is 6.61 Å². The van der Waals surface area contributed by atoms with E-state index in [1.54, 1.807) is 0 Å². The molecule has 0 aromatic heterocycles. The summed E-state index contributed by atoms with van der Waals surface area (Å²) < 4.78 is 5.81. The van der Waals surface area contributed by atoms with E-state index in [1.807, 2.05) is 24.3 Å². The fourth-order valence-electron chi connectivity index (χ4n) is 4.43. The molecule has 1 atom stereocenters. The van der Waals surface area contributed by atoms with Crippen LogP contribution in [0.5, 0.6) is 0 Å². The van der Waals surface area contributed by atoms with Crippen molar-refractivity contribution in [2.45, 2.75) is 37.3 Å². The minimum atomic E-state index is -0.576. The molecule has 4 rings (SSSR count). The maximum Gasteiger partial charge on any atom is 0.102 e.